The van der Waals surface area contributed by atoms with Crippen LogP contribution >= 0.6 is 11.3 Å². The van der Waals surface area contributed by atoms with Gasteiger partial charge in [0.2, 0.25) is 0 Å². The van der Waals surface area contributed by atoms with Gasteiger partial charge in [0.15, 0.2) is 0 Å². The van der Waals surface area contributed by atoms with Gasteiger partial charge in [-0.2, -0.15) is 0 Å². The average Bonchev–Trinajstić information content (AvgIpc) is 2.74. The lowest BCUT2D eigenvalue weighted by Gasteiger charge is -1.83. The van der Waals surface area contributed by atoms with E-state index in [4.69, 9.17) is 0 Å². The first-order valence-electron chi connectivity index (χ1n) is 3.80. The van der Waals surface area contributed by atoms with Crippen molar-refractivity contribution in [1.29, 1.82) is 0 Å². The minimum Gasteiger partial charge on any atom is -0.144 e. The molecule has 1 aliphatic rings. The maximum atomic E-state index is 3.12. The third kappa shape index (κ3) is 1.65. The Morgan fingerprint density at radius 1 is 1.33 bits per heavy atom. The predicted molar refractivity (Wildman–Crippen MR) is 54.1 cm³/mol. The molecule has 0 unspecified atom stereocenters. The Labute approximate surface area is 75.9 Å². The summed E-state index contributed by atoms with van der Waals surface area (Å²) < 4.78 is 0. The molecule has 0 N–H and O–H groups in total. The van der Waals surface area contributed by atoms with Gasteiger partial charge in [0.25, 0.3) is 0 Å². The monoisotopic (exact) mass is 172 g/mol. The van der Waals surface area contributed by atoms with Gasteiger partial charge < -0.3 is 0 Å². The Kier molecular flexibility index (Phi) is 2.08. The van der Waals surface area contributed by atoms with Crippen LogP contribution in [-0.4, -0.2) is 0 Å². The second-order valence-electron chi connectivity index (χ2n) is 2.47. The highest BCUT2D eigenvalue weighted by Gasteiger charge is 1.88. The summed E-state index contributed by atoms with van der Waals surface area (Å²) in [6.07, 6.45) is 10.1. The molecule has 12 heavy (non-hydrogen) atoms. The van der Waals surface area contributed by atoms with Gasteiger partial charge in [-0.1, -0.05) is 12.1 Å². The molecule has 1 heterocycles. The largest absolute Gasteiger partial charge is 0.144 e. The molecule has 0 saturated carbocycles. The van der Waals surface area contributed by atoms with Crippen LogP contribution in [0.3, 0.4) is 0 Å². The van der Waals surface area contributed by atoms with Crippen LogP contribution in [0.15, 0.2) is 53.1 Å². The predicted octanol–water partition coefficient (Wildman–Crippen LogP) is 3.41. The standard InChI is InChI=1S/C11H8S/c1-2-5-10(4-1)7-8-11-6-3-9-12-11/h1-4,6-9H/b8-7+. The molecule has 1 heteroatoms. The molecule has 0 fully saturated rings. The van der Waals surface area contributed by atoms with Crippen molar-refractivity contribution in [2.75, 3.05) is 0 Å². The smallest absolute Gasteiger partial charge is 0.0270 e. The minimum atomic E-state index is 1.14. The van der Waals surface area contributed by atoms with Crippen LogP contribution in [0.4, 0.5) is 0 Å². The quantitative estimate of drug-likeness (QED) is 0.600. The highest BCUT2D eigenvalue weighted by atomic mass is 32.1. The molecule has 1 aromatic rings. The van der Waals surface area contributed by atoms with E-state index in [-0.39, 0.29) is 0 Å². The van der Waals surface area contributed by atoms with E-state index in [9.17, 15) is 0 Å². The molecule has 0 radical (unpaired) electrons. The molecule has 0 atom stereocenters. The minimum absolute atomic E-state index is 1.14. The van der Waals surface area contributed by atoms with Crippen LogP contribution in [0.2, 0.25) is 0 Å². The average molecular weight is 172 g/mol. The highest BCUT2D eigenvalue weighted by molar-refractivity contribution is 7.10. The summed E-state index contributed by atoms with van der Waals surface area (Å²) >= 11 is 1.74. The SMILES string of the molecule is C1=CC=CC=1/C=C/c1cccs1. The van der Waals surface area contributed by atoms with E-state index >= 15 is 0 Å². The van der Waals surface area contributed by atoms with Crippen molar-refractivity contribution < 1.29 is 0 Å². The van der Waals surface area contributed by atoms with Gasteiger partial charge in [-0.25, -0.2) is 0 Å². The zero-order valence-electron chi connectivity index (χ0n) is 6.53. The third-order valence-electron chi connectivity index (χ3n) is 1.59. The Morgan fingerprint density at radius 2 is 2.33 bits per heavy atom. The summed E-state index contributed by atoms with van der Waals surface area (Å²) in [6.45, 7) is 0. The number of hydrogen-bond donors (Lipinski definition) is 0. The van der Waals surface area contributed by atoms with Crippen LogP contribution in [0.5, 0.6) is 0 Å². The summed E-state index contributed by atoms with van der Waals surface area (Å²) in [5.74, 6) is 0. The van der Waals surface area contributed by atoms with Crippen molar-refractivity contribution in [3.05, 3.63) is 58.0 Å². The van der Waals surface area contributed by atoms with E-state index < -0.39 is 0 Å². The fraction of sp³-hybridized carbons (Fsp3) is 0. The maximum Gasteiger partial charge on any atom is 0.0270 e. The number of allylic oxidation sites excluding steroid dienone is 4. The molecule has 1 aliphatic carbocycles. The Morgan fingerprint density at radius 3 is 3.00 bits per heavy atom. The van der Waals surface area contributed by atoms with E-state index in [0.717, 1.165) is 5.57 Å². The highest BCUT2D eigenvalue weighted by Crippen LogP contribution is 2.12. The van der Waals surface area contributed by atoms with Gasteiger partial charge in [0.05, 0.1) is 0 Å². The molecular weight excluding hydrogens is 164 g/mol. The summed E-state index contributed by atoms with van der Waals surface area (Å²) in [6, 6.07) is 4.16. The van der Waals surface area contributed by atoms with E-state index in [1.54, 1.807) is 11.3 Å². The van der Waals surface area contributed by atoms with Gasteiger partial charge >= 0.3 is 0 Å². The summed E-state index contributed by atoms with van der Waals surface area (Å²) in [5.41, 5.74) is 4.26. The molecule has 0 nitrogen and oxygen atoms in total. The molecule has 0 amide bonds. The zero-order valence-corrected chi connectivity index (χ0v) is 7.34. The molecule has 1 aromatic heterocycles. The summed E-state index contributed by atoms with van der Waals surface area (Å²) in [4.78, 5) is 1.28. The molecule has 2 rings (SSSR count). The van der Waals surface area contributed by atoms with Gasteiger partial charge in [-0.15, -0.1) is 17.1 Å². The zero-order chi connectivity index (χ0) is 8.23. The lowest BCUT2D eigenvalue weighted by atomic mass is 10.2. The number of rotatable bonds is 2. The summed E-state index contributed by atoms with van der Waals surface area (Å²) in [5, 5.41) is 2.08. The van der Waals surface area contributed by atoms with Crippen molar-refractivity contribution in [2.24, 2.45) is 0 Å². The first-order valence-corrected chi connectivity index (χ1v) is 4.68. The van der Waals surface area contributed by atoms with Crippen molar-refractivity contribution in [3.63, 3.8) is 0 Å². The van der Waals surface area contributed by atoms with Gasteiger partial charge in [-0.05, 0) is 35.8 Å². The lowest BCUT2D eigenvalue weighted by molar-refractivity contribution is 1.80. The molecule has 0 aliphatic heterocycles. The third-order valence-corrected chi connectivity index (χ3v) is 2.43. The fourth-order valence-corrected chi connectivity index (χ4v) is 1.62. The molecule has 0 bridgehead atoms. The van der Waals surface area contributed by atoms with Crippen LogP contribution in [0.1, 0.15) is 4.88 Å². The van der Waals surface area contributed by atoms with Crippen LogP contribution in [-0.2, 0) is 0 Å². The fourth-order valence-electron chi connectivity index (χ4n) is 1.01. The van der Waals surface area contributed by atoms with Crippen LogP contribution in [0.25, 0.3) is 6.08 Å². The molecule has 0 spiro atoms. The number of hydrogen-bond acceptors (Lipinski definition) is 1. The van der Waals surface area contributed by atoms with Crippen LogP contribution in [0, 0.1) is 0 Å². The second-order valence-corrected chi connectivity index (χ2v) is 3.45. The normalized spacial score (nSPS) is 14.5. The molecule has 58 valence electrons. The van der Waals surface area contributed by atoms with E-state index in [0.29, 0.717) is 0 Å². The van der Waals surface area contributed by atoms with Crippen molar-refractivity contribution in [1.82, 2.24) is 0 Å². The summed E-state index contributed by atoms with van der Waals surface area (Å²) in [7, 11) is 0. The van der Waals surface area contributed by atoms with Crippen LogP contribution < -0.4 is 0 Å². The first-order chi connectivity index (χ1) is 5.95. The first kappa shape index (κ1) is 7.35. The van der Waals surface area contributed by atoms with E-state index in [2.05, 4.69) is 35.4 Å². The van der Waals surface area contributed by atoms with E-state index in [1.165, 1.54) is 4.88 Å². The Hall–Kier alpha value is -1.30. The van der Waals surface area contributed by atoms with Crippen molar-refractivity contribution in [2.45, 2.75) is 0 Å². The second kappa shape index (κ2) is 3.40. The topological polar surface area (TPSA) is 0 Å². The van der Waals surface area contributed by atoms with Gasteiger partial charge in [-0.3, -0.25) is 0 Å². The molecule has 0 saturated heterocycles. The van der Waals surface area contributed by atoms with E-state index in [1.807, 2.05) is 18.2 Å². The maximum absolute atomic E-state index is 3.12. The van der Waals surface area contributed by atoms with Crippen molar-refractivity contribution >= 4 is 17.4 Å². The van der Waals surface area contributed by atoms with Gasteiger partial charge in [0, 0.05) is 10.5 Å². The number of thiophene rings is 1. The molecular formula is C11H8S. The Balaban J connectivity index is 2.13. The van der Waals surface area contributed by atoms with Gasteiger partial charge in [0.1, 0.15) is 0 Å². The Bertz CT molecular complexity index is 371. The molecule has 0 aromatic carbocycles. The lowest BCUT2D eigenvalue weighted by Crippen LogP contribution is -1.62. The van der Waals surface area contributed by atoms with Crippen molar-refractivity contribution in [3.8, 4) is 0 Å².